The van der Waals surface area contributed by atoms with E-state index in [2.05, 4.69) is 6.92 Å². The van der Waals surface area contributed by atoms with Crippen molar-refractivity contribution in [1.82, 2.24) is 0 Å². The SMILES string of the molecule is CC1CCC(Cl)C(Cc2c(Cl)cccc2[N+](=O)[O-])C1. The zero-order chi connectivity index (χ0) is 14.0. The molecule has 0 radical (unpaired) electrons. The van der Waals surface area contributed by atoms with Crippen molar-refractivity contribution in [3.63, 3.8) is 0 Å². The Labute approximate surface area is 123 Å². The second kappa shape index (κ2) is 6.10. The Morgan fingerprint density at radius 1 is 1.42 bits per heavy atom. The molecule has 0 bridgehead atoms. The van der Waals surface area contributed by atoms with Crippen LogP contribution in [0.5, 0.6) is 0 Å². The van der Waals surface area contributed by atoms with Crippen molar-refractivity contribution in [3.05, 3.63) is 38.9 Å². The maximum Gasteiger partial charge on any atom is 0.274 e. The van der Waals surface area contributed by atoms with Crippen LogP contribution in [-0.2, 0) is 6.42 Å². The summed E-state index contributed by atoms with van der Waals surface area (Å²) in [5.41, 5.74) is 0.730. The van der Waals surface area contributed by atoms with Crippen LogP contribution in [0.1, 0.15) is 31.7 Å². The molecular weight excluding hydrogens is 285 g/mol. The molecule has 2 rings (SSSR count). The molecule has 0 saturated heterocycles. The number of halogens is 2. The Morgan fingerprint density at radius 2 is 2.16 bits per heavy atom. The molecule has 1 aliphatic carbocycles. The molecule has 19 heavy (non-hydrogen) atoms. The fraction of sp³-hybridized carbons (Fsp3) is 0.571. The second-order valence-electron chi connectivity index (χ2n) is 5.39. The van der Waals surface area contributed by atoms with E-state index in [0.717, 1.165) is 19.3 Å². The summed E-state index contributed by atoms with van der Waals surface area (Å²) in [6, 6.07) is 4.84. The molecule has 0 aliphatic heterocycles. The maximum atomic E-state index is 11.1. The molecule has 1 aromatic rings. The topological polar surface area (TPSA) is 43.1 Å². The van der Waals surface area contributed by atoms with E-state index in [1.807, 2.05) is 0 Å². The van der Waals surface area contributed by atoms with Gasteiger partial charge in [0.05, 0.1) is 9.95 Å². The Bertz CT molecular complexity index is 479. The molecule has 0 heterocycles. The lowest BCUT2D eigenvalue weighted by molar-refractivity contribution is -0.385. The summed E-state index contributed by atoms with van der Waals surface area (Å²) in [5.74, 6) is 0.894. The molecule has 0 aromatic heterocycles. The maximum absolute atomic E-state index is 11.1. The van der Waals surface area contributed by atoms with Crippen molar-refractivity contribution in [2.45, 2.75) is 38.0 Å². The van der Waals surface area contributed by atoms with E-state index in [1.54, 1.807) is 12.1 Å². The van der Waals surface area contributed by atoms with E-state index < -0.39 is 0 Å². The zero-order valence-electron chi connectivity index (χ0n) is 10.8. The summed E-state index contributed by atoms with van der Waals surface area (Å²) in [7, 11) is 0. The molecule has 0 spiro atoms. The zero-order valence-corrected chi connectivity index (χ0v) is 12.3. The van der Waals surface area contributed by atoms with E-state index in [1.165, 1.54) is 6.07 Å². The summed E-state index contributed by atoms with van der Waals surface area (Å²) >= 11 is 12.5. The quantitative estimate of drug-likeness (QED) is 0.456. The summed E-state index contributed by atoms with van der Waals surface area (Å²) in [4.78, 5) is 10.7. The molecule has 3 atom stereocenters. The fourth-order valence-corrected chi connectivity index (χ4v) is 3.42. The number of nitro benzene ring substituents is 1. The van der Waals surface area contributed by atoms with Crippen LogP contribution < -0.4 is 0 Å². The first-order valence-corrected chi connectivity index (χ1v) is 7.36. The van der Waals surface area contributed by atoms with E-state index in [-0.39, 0.29) is 21.9 Å². The highest BCUT2D eigenvalue weighted by atomic mass is 35.5. The van der Waals surface area contributed by atoms with Crippen molar-refractivity contribution >= 4 is 28.9 Å². The third kappa shape index (κ3) is 3.40. The van der Waals surface area contributed by atoms with Gasteiger partial charge in [-0.15, -0.1) is 11.6 Å². The van der Waals surface area contributed by atoms with Crippen LogP contribution in [0.25, 0.3) is 0 Å². The van der Waals surface area contributed by atoms with E-state index in [4.69, 9.17) is 23.2 Å². The molecule has 3 unspecified atom stereocenters. The van der Waals surface area contributed by atoms with Gasteiger partial charge in [-0.05, 0) is 43.6 Å². The van der Waals surface area contributed by atoms with Crippen molar-refractivity contribution in [2.24, 2.45) is 11.8 Å². The Hall–Kier alpha value is -0.800. The van der Waals surface area contributed by atoms with Crippen molar-refractivity contribution in [3.8, 4) is 0 Å². The number of rotatable bonds is 3. The third-order valence-electron chi connectivity index (χ3n) is 3.91. The van der Waals surface area contributed by atoms with Crippen LogP contribution in [0, 0.1) is 22.0 Å². The molecule has 104 valence electrons. The highest BCUT2D eigenvalue weighted by Crippen LogP contribution is 2.38. The summed E-state index contributed by atoms with van der Waals surface area (Å²) < 4.78 is 0. The van der Waals surface area contributed by atoms with Crippen LogP contribution in [-0.4, -0.2) is 10.3 Å². The van der Waals surface area contributed by atoms with Crippen LogP contribution in [0.3, 0.4) is 0 Å². The van der Waals surface area contributed by atoms with Crippen LogP contribution in [0.4, 0.5) is 5.69 Å². The van der Waals surface area contributed by atoms with Crippen LogP contribution in [0.2, 0.25) is 5.02 Å². The first-order valence-electron chi connectivity index (χ1n) is 6.55. The number of hydrogen-bond donors (Lipinski definition) is 0. The first kappa shape index (κ1) is 14.6. The number of alkyl halides is 1. The van der Waals surface area contributed by atoms with Gasteiger partial charge in [-0.3, -0.25) is 10.1 Å². The van der Waals surface area contributed by atoms with Gasteiger partial charge in [0.15, 0.2) is 0 Å². The summed E-state index contributed by atoms with van der Waals surface area (Å²) in [6.07, 6.45) is 3.71. The van der Waals surface area contributed by atoms with Gasteiger partial charge in [0.1, 0.15) is 0 Å². The average Bonchev–Trinajstić information content (AvgIpc) is 2.35. The normalized spacial score (nSPS) is 27.2. The largest absolute Gasteiger partial charge is 0.274 e. The molecule has 0 amide bonds. The van der Waals surface area contributed by atoms with Gasteiger partial charge in [-0.2, -0.15) is 0 Å². The van der Waals surface area contributed by atoms with Crippen molar-refractivity contribution in [2.75, 3.05) is 0 Å². The minimum absolute atomic E-state index is 0.0899. The van der Waals surface area contributed by atoms with Crippen molar-refractivity contribution < 1.29 is 4.92 Å². The van der Waals surface area contributed by atoms with E-state index in [0.29, 0.717) is 22.9 Å². The summed E-state index contributed by atoms with van der Waals surface area (Å²) in [5, 5.41) is 11.6. The first-order chi connectivity index (χ1) is 8.99. The molecule has 5 heteroatoms. The molecule has 1 aliphatic rings. The number of nitrogens with zero attached hydrogens (tertiary/aromatic N) is 1. The standard InChI is InChI=1S/C14H17Cl2NO2/c1-9-5-6-12(15)10(7-9)8-11-13(16)3-2-4-14(11)17(18)19/h2-4,9-10,12H,5-8H2,1H3. The van der Waals surface area contributed by atoms with Crippen molar-refractivity contribution in [1.29, 1.82) is 0 Å². The lowest BCUT2D eigenvalue weighted by Crippen LogP contribution is -2.26. The predicted octanol–water partition coefficient (Wildman–Crippen LogP) is 4.83. The highest BCUT2D eigenvalue weighted by Gasteiger charge is 2.30. The van der Waals surface area contributed by atoms with E-state index in [9.17, 15) is 10.1 Å². The van der Waals surface area contributed by atoms with Gasteiger partial charge >= 0.3 is 0 Å². The third-order valence-corrected chi connectivity index (χ3v) is 4.84. The Balaban J connectivity index is 2.25. The van der Waals surface area contributed by atoms with Crippen LogP contribution in [0.15, 0.2) is 18.2 Å². The van der Waals surface area contributed by atoms with Gasteiger partial charge in [0, 0.05) is 17.0 Å². The average molecular weight is 302 g/mol. The minimum Gasteiger partial charge on any atom is -0.258 e. The molecule has 1 aromatic carbocycles. The molecule has 1 saturated carbocycles. The van der Waals surface area contributed by atoms with Crippen LogP contribution >= 0.6 is 23.2 Å². The van der Waals surface area contributed by atoms with Gasteiger partial charge in [0.2, 0.25) is 0 Å². The molecular formula is C14H17Cl2NO2. The van der Waals surface area contributed by atoms with E-state index >= 15 is 0 Å². The predicted molar refractivity (Wildman–Crippen MR) is 78.0 cm³/mol. The lowest BCUT2D eigenvalue weighted by Gasteiger charge is -2.31. The number of benzene rings is 1. The fourth-order valence-electron chi connectivity index (χ4n) is 2.86. The minimum atomic E-state index is -0.364. The molecule has 3 nitrogen and oxygen atoms in total. The number of hydrogen-bond acceptors (Lipinski definition) is 2. The smallest absolute Gasteiger partial charge is 0.258 e. The monoisotopic (exact) mass is 301 g/mol. The molecule has 1 fully saturated rings. The van der Waals surface area contributed by atoms with Gasteiger partial charge in [0.25, 0.3) is 5.69 Å². The highest BCUT2D eigenvalue weighted by molar-refractivity contribution is 6.31. The second-order valence-corrected chi connectivity index (χ2v) is 6.36. The summed E-state index contributed by atoms with van der Waals surface area (Å²) in [6.45, 7) is 2.21. The Morgan fingerprint density at radius 3 is 2.84 bits per heavy atom. The lowest BCUT2D eigenvalue weighted by atomic mass is 9.79. The van der Waals surface area contributed by atoms with Gasteiger partial charge in [-0.25, -0.2) is 0 Å². The Kier molecular flexibility index (Phi) is 4.69. The molecule has 0 N–H and O–H groups in total. The van der Waals surface area contributed by atoms with Gasteiger partial charge in [-0.1, -0.05) is 24.6 Å². The number of nitro groups is 1. The van der Waals surface area contributed by atoms with Gasteiger partial charge < -0.3 is 0 Å².